The van der Waals surface area contributed by atoms with Crippen molar-refractivity contribution in [2.45, 2.75) is 47.1 Å². The van der Waals surface area contributed by atoms with Gasteiger partial charge in [0.2, 0.25) is 5.82 Å². The molecule has 102 valence electrons. The monoisotopic (exact) mass is 254 g/mol. The largest absolute Gasteiger partial charge is 0.364 e. The fourth-order valence-electron chi connectivity index (χ4n) is 1.75. The van der Waals surface area contributed by atoms with Gasteiger partial charge in [0, 0.05) is 13.1 Å². The molecule has 1 atom stereocenters. The Labute approximate surface area is 108 Å². The summed E-state index contributed by atoms with van der Waals surface area (Å²) in [4.78, 5) is 10.7. The van der Waals surface area contributed by atoms with Crippen LogP contribution < -0.4 is 5.32 Å². The Balaban J connectivity index is 3.00. The lowest BCUT2D eigenvalue weighted by molar-refractivity contribution is -0.384. The Morgan fingerprint density at radius 1 is 1.50 bits per heavy atom. The molecule has 1 aromatic heterocycles. The van der Waals surface area contributed by atoms with E-state index < -0.39 is 0 Å². The predicted octanol–water partition coefficient (Wildman–Crippen LogP) is 2.97. The number of hydrogen-bond acceptors (Lipinski definition) is 4. The number of anilines is 1. The van der Waals surface area contributed by atoms with Gasteiger partial charge in [-0.3, -0.25) is 10.1 Å². The molecular weight excluding hydrogens is 232 g/mol. The molecule has 0 spiro atoms. The minimum atomic E-state index is -0.354. The number of nitrogens with one attached hydrogen (secondary N) is 1. The molecule has 0 radical (unpaired) electrons. The molecule has 0 aliphatic rings. The Bertz CT molecular complexity index is 414. The molecular formula is C12H22N4O2. The van der Waals surface area contributed by atoms with Gasteiger partial charge in [-0.05, 0) is 19.3 Å². The van der Waals surface area contributed by atoms with Gasteiger partial charge in [0.1, 0.15) is 5.69 Å². The Morgan fingerprint density at radius 3 is 2.67 bits per heavy atom. The highest BCUT2D eigenvalue weighted by atomic mass is 16.6. The van der Waals surface area contributed by atoms with Gasteiger partial charge in [-0.25, -0.2) is 4.68 Å². The summed E-state index contributed by atoms with van der Waals surface area (Å²) in [6.45, 7) is 9.35. The maximum Gasteiger partial charge on any atom is 0.333 e. The maximum atomic E-state index is 11.1. The van der Waals surface area contributed by atoms with Gasteiger partial charge in [0.15, 0.2) is 0 Å². The van der Waals surface area contributed by atoms with Crippen LogP contribution in [0.15, 0.2) is 0 Å². The van der Waals surface area contributed by atoms with Crippen molar-refractivity contribution in [2.24, 2.45) is 5.92 Å². The number of aromatic nitrogens is 2. The van der Waals surface area contributed by atoms with E-state index in [9.17, 15) is 10.1 Å². The van der Waals surface area contributed by atoms with Crippen LogP contribution in [0.1, 0.15) is 39.3 Å². The van der Waals surface area contributed by atoms with Gasteiger partial charge < -0.3 is 5.32 Å². The lowest BCUT2D eigenvalue weighted by Crippen LogP contribution is -2.15. The molecule has 0 bridgehead atoms. The third-order valence-corrected chi connectivity index (χ3v) is 3.03. The first kappa shape index (κ1) is 14.5. The van der Waals surface area contributed by atoms with E-state index in [0.29, 0.717) is 24.0 Å². The molecule has 0 saturated heterocycles. The average molecular weight is 254 g/mol. The molecule has 1 heterocycles. The Kier molecular flexibility index (Phi) is 5.12. The summed E-state index contributed by atoms with van der Waals surface area (Å²) in [5.74, 6) is 1.02. The zero-order valence-electron chi connectivity index (χ0n) is 11.6. The third-order valence-electron chi connectivity index (χ3n) is 3.03. The van der Waals surface area contributed by atoms with Crippen LogP contribution >= 0.6 is 0 Å². The van der Waals surface area contributed by atoms with Crippen LogP contribution in [0.4, 0.5) is 11.5 Å². The smallest absolute Gasteiger partial charge is 0.333 e. The second-order valence-electron chi connectivity index (χ2n) is 4.66. The molecule has 1 N–H and O–H groups in total. The number of nitrogens with zero attached hydrogens (tertiary/aromatic N) is 3. The van der Waals surface area contributed by atoms with E-state index in [0.717, 1.165) is 19.4 Å². The summed E-state index contributed by atoms with van der Waals surface area (Å²) in [5.41, 5.74) is 0.576. The van der Waals surface area contributed by atoms with Crippen molar-refractivity contribution >= 4 is 11.5 Å². The maximum absolute atomic E-state index is 11.1. The van der Waals surface area contributed by atoms with Crippen molar-refractivity contribution in [3.8, 4) is 0 Å². The van der Waals surface area contributed by atoms with Crippen LogP contribution in [0.3, 0.4) is 0 Å². The van der Waals surface area contributed by atoms with Crippen molar-refractivity contribution < 1.29 is 4.92 Å². The molecule has 0 aliphatic heterocycles. The quantitative estimate of drug-likeness (QED) is 0.599. The topological polar surface area (TPSA) is 73.0 Å². The second-order valence-corrected chi connectivity index (χ2v) is 4.66. The minimum Gasteiger partial charge on any atom is -0.364 e. The average Bonchev–Trinajstić information content (AvgIpc) is 2.62. The highest BCUT2D eigenvalue weighted by Crippen LogP contribution is 2.28. The lowest BCUT2D eigenvalue weighted by atomic mass is 10.1. The van der Waals surface area contributed by atoms with E-state index in [1.54, 1.807) is 11.6 Å². The van der Waals surface area contributed by atoms with Gasteiger partial charge >= 0.3 is 5.69 Å². The van der Waals surface area contributed by atoms with E-state index in [1.165, 1.54) is 0 Å². The van der Waals surface area contributed by atoms with Crippen molar-refractivity contribution in [3.05, 3.63) is 15.8 Å². The summed E-state index contributed by atoms with van der Waals surface area (Å²) < 4.78 is 1.70. The third kappa shape index (κ3) is 3.21. The first-order chi connectivity index (χ1) is 8.51. The second kappa shape index (κ2) is 6.37. The number of nitro groups is 1. The molecule has 0 saturated carbocycles. The van der Waals surface area contributed by atoms with Crippen LogP contribution in [0.5, 0.6) is 0 Å². The number of hydrogen-bond donors (Lipinski definition) is 1. The van der Waals surface area contributed by atoms with Gasteiger partial charge in [-0.15, -0.1) is 0 Å². The van der Waals surface area contributed by atoms with Crippen molar-refractivity contribution in [3.63, 3.8) is 0 Å². The van der Waals surface area contributed by atoms with E-state index in [2.05, 4.69) is 24.3 Å². The van der Waals surface area contributed by atoms with Crippen LogP contribution in [0.25, 0.3) is 0 Å². The highest BCUT2D eigenvalue weighted by molar-refractivity contribution is 5.59. The minimum absolute atomic E-state index is 0.103. The summed E-state index contributed by atoms with van der Waals surface area (Å²) in [5, 5.41) is 18.5. The lowest BCUT2D eigenvalue weighted by Gasteiger charge is -2.12. The van der Waals surface area contributed by atoms with E-state index >= 15 is 0 Å². The van der Waals surface area contributed by atoms with Gasteiger partial charge in [-0.1, -0.05) is 27.2 Å². The molecule has 0 aliphatic carbocycles. The van der Waals surface area contributed by atoms with Gasteiger partial charge in [0.25, 0.3) is 0 Å². The predicted molar refractivity (Wildman–Crippen MR) is 71.9 cm³/mol. The van der Waals surface area contributed by atoms with Crippen LogP contribution in [-0.4, -0.2) is 21.2 Å². The molecule has 0 amide bonds. The van der Waals surface area contributed by atoms with Crippen LogP contribution in [0.2, 0.25) is 0 Å². The van der Waals surface area contributed by atoms with Gasteiger partial charge in [-0.2, -0.15) is 5.10 Å². The summed E-state index contributed by atoms with van der Waals surface area (Å²) in [7, 11) is 0. The normalized spacial score (nSPS) is 12.4. The van der Waals surface area contributed by atoms with E-state index in [1.807, 2.05) is 6.92 Å². The van der Waals surface area contributed by atoms with Crippen LogP contribution in [0, 0.1) is 23.0 Å². The summed E-state index contributed by atoms with van der Waals surface area (Å²) in [6, 6.07) is 0. The van der Waals surface area contributed by atoms with E-state index in [4.69, 9.17) is 0 Å². The van der Waals surface area contributed by atoms with Crippen LogP contribution in [-0.2, 0) is 6.54 Å². The van der Waals surface area contributed by atoms with Gasteiger partial charge in [0.05, 0.1) is 4.92 Å². The molecule has 0 aromatic carbocycles. The van der Waals surface area contributed by atoms with E-state index in [-0.39, 0.29) is 10.6 Å². The number of rotatable bonds is 7. The Hall–Kier alpha value is -1.59. The molecule has 1 unspecified atom stereocenters. The molecule has 1 rings (SSSR count). The zero-order valence-corrected chi connectivity index (χ0v) is 11.6. The molecule has 1 aromatic rings. The summed E-state index contributed by atoms with van der Waals surface area (Å²) >= 11 is 0. The molecule has 0 fully saturated rings. The first-order valence-corrected chi connectivity index (χ1v) is 6.46. The first-order valence-electron chi connectivity index (χ1n) is 6.46. The zero-order chi connectivity index (χ0) is 13.7. The van der Waals surface area contributed by atoms with Crippen molar-refractivity contribution in [1.29, 1.82) is 0 Å². The number of aryl methyl sites for hydroxylation is 2. The molecule has 6 heteroatoms. The fraction of sp³-hybridized carbons (Fsp3) is 0.750. The fourth-order valence-corrected chi connectivity index (χ4v) is 1.75. The standard InChI is InChI=1S/C12H22N4O2/c1-5-7-15-12(13-8-9(3)6-2)11(16(17)18)10(4)14-15/h9,13H,5-8H2,1-4H3. The summed E-state index contributed by atoms with van der Waals surface area (Å²) in [6.07, 6.45) is 1.94. The SMILES string of the molecule is CCCn1nc(C)c([N+](=O)[O-])c1NCC(C)CC. The van der Waals surface area contributed by atoms with Crippen molar-refractivity contribution in [2.75, 3.05) is 11.9 Å². The molecule has 18 heavy (non-hydrogen) atoms. The molecule has 6 nitrogen and oxygen atoms in total. The van der Waals surface area contributed by atoms with Crippen molar-refractivity contribution in [1.82, 2.24) is 9.78 Å². The Morgan fingerprint density at radius 2 is 2.17 bits per heavy atom. The highest BCUT2D eigenvalue weighted by Gasteiger charge is 2.24.